The van der Waals surface area contributed by atoms with Crippen LogP contribution in [-0.4, -0.2) is 41.5 Å². The standard InChI is InChI=1S/C26H29N3O3/c1-28-12-6-9-20-18(13-17-7-5-8-19(14-17)32-2)15-21-24(25(20)28)27-16-29(26(21)31)22-10-3-4-11-23(22)30/h5-9,14-16,22-23,30H,3-4,10-13H2,1-2H3. The van der Waals surface area contributed by atoms with Gasteiger partial charge in [-0.25, -0.2) is 4.98 Å². The summed E-state index contributed by atoms with van der Waals surface area (Å²) in [6.07, 6.45) is 9.66. The van der Waals surface area contributed by atoms with E-state index in [0.29, 0.717) is 11.8 Å². The highest BCUT2D eigenvalue weighted by Gasteiger charge is 2.27. The molecule has 0 saturated heterocycles. The number of fused-ring (bicyclic) bond motifs is 3. The summed E-state index contributed by atoms with van der Waals surface area (Å²) in [7, 11) is 3.71. The lowest BCUT2D eigenvalue weighted by Crippen LogP contribution is -2.35. The number of rotatable bonds is 4. The molecule has 3 aromatic rings. The number of anilines is 1. The van der Waals surface area contributed by atoms with Gasteiger partial charge < -0.3 is 14.7 Å². The van der Waals surface area contributed by atoms with E-state index in [4.69, 9.17) is 9.72 Å². The highest BCUT2D eigenvalue weighted by atomic mass is 16.5. The summed E-state index contributed by atoms with van der Waals surface area (Å²) in [4.78, 5) is 20.5. The van der Waals surface area contributed by atoms with Crippen molar-refractivity contribution in [2.75, 3.05) is 25.6 Å². The van der Waals surface area contributed by atoms with E-state index in [2.05, 4.69) is 23.1 Å². The Hall–Kier alpha value is -3.12. The van der Waals surface area contributed by atoms with Gasteiger partial charge in [0.1, 0.15) is 11.3 Å². The summed E-state index contributed by atoms with van der Waals surface area (Å²) in [6, 6.07) is 9.83. The first-order valence-corrected chi connectivity index (χ1v) is 11.3. The Labute approximate surface area is 187 Å². The summed E-state index contributed by atoms with van der Waals surface area (Å²) >= 11 is 0. The van der Waals surface area contributed by atoms with Gasteiger partial charge in [-0.2, -0.15) is 0 Å². The zero-order chi connectivity index (χ0) is 22.2. The average molecular weight is 432 g/mol. The van der Waals surface area contributed by atoms with Crippen molar-refractivity contribution in [1.29, 1.82) is 0 Å². The number of aliphatic hydroxyl groups excluding tert-OH is 1. The molecule has 2 aromatic carbocycles. The third-order valence-electron chi connectivity index (χ3n) is 6.80. The molecular formula is C26H29N3O3. The lowest BCUT2D eigenvalue weighted by atomic mass is 9.91. The van der Waals surface area contributed by atoms with Crippen molar-refractivity contribution in [1.82, 2.24) is 9.55 Å². The molecule has 6 nitrogen and oxygen atoms in total. The summed E-state index contributed by atoms with van der Waals surface area (Å²) in [6.45, 7) is 0.775. The maximum atomic E-state index is 13.6. The van der Waals surface area contributed by atoms with Gasteiger partial charge in [-0.3, -0.25) is 9.36 Å². The Bertz CT molecular complexity index is 1250. The Morgan fingerprint density at radius 2 is 2.06 bits per heavy atom. The van der Waals surface area contributed by atoms with Crippen LogP contribution in [0.15, 0.2) is 47.5 Å². The molecule has 166 valence electrons. The number of hydrogen-bond acceptors (Lipinski definition) is 5. The fraction of sp³-hybridized carbons (Fsp3) is 0.385. The molecule has 5 rings (SSSR count). The monoisotopic (exact) mass is 431 g/mol. The second-order valence-electron chi connectivity index (χ2n) is 8.88. The molecule has 1 aliphatic heterocycles. The molecule has 6 heteroatoms. The van der Waals surface area contributed by atoms with E-state index in [1.54, 1.807) is 18.0 Å². The lowest BCUT2D eigenvalue weighted by molar-refractivity contribution is 0.0735. The Kier molecular flexibility index (Phi) is 5.47. The maximum Gasteiger partial charge on any atom is 0.261 e. The normalized spacial score (nSPS) is 20.4. The topological polar surface area (TPSA) is 67.6 Å². The molecule has 1 fully saturated rings. The fourth-order valence-corrected chi connectivity index (χ4v) is 5.13. The highest BCUT2D eigenvalue weighted by Crippen LogP contribution is 2.36. The van der Waals surface area contributed by atoms with Crippen molar-refractivity contribution in [2.45, 2.75) is 44.2 Å². The minimum Gasteiger partial charge on any atom is -0.497 e. The molecule has 1 aromatic heterocycles. The molecular weight excluding hydrogens is 402 g/mol. The second-order valence-corrected chi connectivity index (χ2v) is 8.88. The van der Waals surface area contributed by atoms with Crippen molar-refractivity contribution in [2.24, 2.45) is 0 Å². The minimum absolute atomic E-state index is 0.0707. The van der Waals surface area contributed by atoms with Crippen LogP contribution in [0.1, 0.15) is 48.4 Å². The third kappa shape index (κ3) is 3.58. The van der Waals surface area contributed by atoms with Crippen LogP contribution >= 0.6 is 0 Å². The quantitative estimate of drug-likeness (QED) is 0.678. The predicted octanol–water partition coefficient (Wildman–Crippen LogP) is 3.93. The van der Waals surface area contributed by atoms with Gasteiger partial charge >= 0.3 is 0 Å². The van der Waals surface area contributed by atoms with Crippen molar-refractivity contribution in [3.8, 4) is 5.75 Å². The van der Waals surface area contributed by atoms with E-state index in [1.165, 1.54) is 0 Å². The molecule has 0 amide bonds. The molecule has 1 saturated carbocycles. The second kappa shape index (κ2) is 8.43. The average Bonchev–Trinajstić information content (AvgIpc) is 2.81. The summed E-state index contributed by atoms with van der Waals surface area (Å²) in [5.74, 6) is 0.820. The van der Waals surface area contributed by atoms with Gasteiger partial charge in [0.2, 0.25) is 0 Å². The molecule has 0 bridgehead atoms. The largest absolute Gasteiger partial charge is 0.497 e. The molecule has 2 heterocycles. The fourth-order valence-electron chi connectivity index (χ4n) is 5.13. The molecule has 1 aliphatic carbocycles. The molecule has 2 atom stereocenters. The van der Waals surface area contributed by atoms with E-state index < -0.39 is 6.10 Å². The SMILES string of the molecule is COc1cccc(Cc2cc3c(=O)n(C4CCCCC4O)cnc3c3c2C=CCN3C)c1. The van der Waals surface area contributed by atoms with E-state index >= 15 is 0 Å². The van der Waals surface area contributed by atoms with E-state index in [1.807, 2.05) is 31.3 Å². The van der Waals surface area contributed by atoms with Crippen molar-refractivity contribution < 1.29 is 9.84 Å². The number of nitrogens with zero attached hydrogens (tertiary/aromatic N) is 3. The maximum absolute atomic E-state index is 13.6. The lowest BCUT2D eigenvalue weighted by Gasteiger charge is -2.30. The van der Waals surface area contributed by atoms with Crippen LogP contribution in [0.25, 0.3) is 17.0 Å². The molecule has 32 heavy (non-hydrogen) atoms. The Morgan fingerprint density at radius 3 is 2.88 bits per heavy atom. The molecule has 0 radical (unpaired) electrons. The Morgan fingerprint density at radius 1 is 1.22 bits per heavy atom. The number of benzene rings is 2. The summed E-state index contributed by atoms with van der Waals surface area (Å²) < 4.78 is 7.05. The van der Waals surface area contributed by atoms with Gasteiger partial charge in [0.25, 0.3) is 5.56 Å². The molecule has 1 N–H and O–H groups in total. The van der Waals surface area contributed by atoms with Gasteiger partial charge in [-0.1, -0.05) is 37.1 Å². The third-order valence-corrected chi connectivity index (χ3v) is 6.80. The van der Waals surface area contributed by atoms with E-state index in [-0.39, 0.29) is 11.6 Å². The smallest absolute Gasteiger partial charge is 0.261 e. The van der Waals surface area contributed by atoms with Gasteiger partial charge in [-0.05, 0) is 48.6 Å². The number of ether oxygens (including phenoxy) is 1. The van der Waals surface area contributed by atoms with Gasteiger partial charge in [-0.15, -0.1) is 0 Å². The molecule has 0 spiro atoms. The van der Waals surface area contributed by atoms with Crippen LogP contribution in [0.3, 0.4) is 0 Å². The number of likely N-dealkylation sites (N-methyl/N-ethyl adjacent to an activating group) is 1. The predicted molar refractivity (Wildman–Crippen MR) is 128 cm³/mol. The first-order valence-electron chi connectivity index (χ1n) is 11.3. The van der Waals surface area contributed by atoms with Crippen molar-refractivity contribution in [3.63, 3.8) is 0 Å². The van der Waals surface area contributed by atoms with Crippen LogP contribution < -0.4 is 15.2 Å². The first-order chi connectivity index (χ1) is 15.6. The van der Waals surface area contributed by atoms with Crippen LogP contribution in [0.5, 0.6) is 5.75 Å². The number of aromatic nitrogens is 2. The van der Waals surface area contributed by atoms with Crippen molar-refractivity contribution in [3.05, 3.63) is 69.8 Å². The van der Waals surface area contributed by atoms with Crippen LogP contribution in [-0.2, 0) is 6.42 Å². The van der Waals surface area contributed by atoms with Crippen LogP contribution in [0.2, 0.25) is 0 Å². The van der Waals surface area contributed by atoms with Gasteiger partial charge in [0.05, 0.1) is 36.7 Å². The zero-order valence-electron chi connectivity index (χ0n) is 18.6. The first kappa shape index (κ1) is 20.8. The zero-order valence-corrected chi connectivity index (χ0v) is 18.6. The van der Waals surface area contributed by atoms with Crippen LogP contribution in [0.4, 0.5) is 5.69 Å². The van der Waals surface area contributed by atoms with Crippen molar-refractivity contribution >= 4 is 22.7 Å². The van der Waals surface area contributed by atoms with Crippen LogP contribution in [0, 0.1) is 0 Å². The number of aliphatic hydroxyl groups is 1. The number of hydrogen-bond donors (Lipinski definition) is 1. The van der Waals surface area contributed by atoms with Gasteiger partial charge in [0, 0.05) is 19.2 Å². The van der Waals surface area contributed by atoms with E-state index in [0.717, 1.165) is 65.9 Å². The van der Waals surface area contributed by atoms with E-state index in [9.17, 15) is 9.90 Å². The highest BCUT2D eigenvalue weighted by molar-refractivity contribution is 5.97. The minimum atomic E-state index is -0.500. The Balaban J connectivity index is 1.68. The number of methoxy groups -OCH3 is 1. The molecule has 2 aliphatic rings. The molecule has 2 unspecified atom stereocenters. The van der Waals surface area contributed by atoms with Gasteiger partial charge in [0.15, 0.2) is 0 Å². The summed E-state index contributed by atoms with van der Waals surface area (Å²) in [5.41, 5.74) is 4.97. The summed E-state index contributed by atoms with van der Waals surface area (Å²) in [5, 5.41) is 11.1.